The highest BCUT2D eigenvalue weighted by Crippen LogP contribution is 2.28. The van der Waals surface area contributed by atoms with Crippen LogP contribution in [0.4, 0.5) is 5.69 Å². The zero-order valence-electron chi connectivity index (χ0n) is 12.2. The molecule has 19 heavy (non-hydrogen) atoms. The van der Waals surface area contributed by atoms with E-state index in [9.17, 15) is 0 Å². The topological polar surface area (TPSA) is 15.3 Å². The van der Waals surface area contributed by atoms with E-state index in [-0.39, 0.29) is 0 Å². The lowest BCUT2D eigenvalue weighted by Gasteiger charge is -2.25. The third-order valence-electron chi connectivity index (χ3n) is 4.06. The average molecular weight is 278 g/mol. The number of benzene rings is 1. The molecule has 2 nitrogen and oxygen atoms in total. The van der Waals surface area contributed by atoms with E-state index in [1.807, 2.05) is 11.8 Å². The molecule has 1 aromatic rings. The van der Waals surface area contributed by atoms with Gasteiger partial charge in [0.2, 0.25) is 0 Å². The van der Waals surface area contributed by atoms with E-state index < -0.39 is 0 Å². The Morgan fingerprint density at radius 1 is 1.26 bits per heavy atom. The summed E-state index contributed by atoms with van der Waals surface area (Å²) in [6.07, 6.45) is 7.58. The average Bonchev–Trinajstić information content (AvgIpc) is 2.48. The molecule has 1 aliphatic heterocycles. The number of nitrogens with one attached hydrogen (secondary N) is 1. The molecule has 0 unspecified atom stereocenters. The molecule has 0 saturated carbocycles. The molecule has 1 aromatic carbocycles. The monoisotopic (exact) mass is 278 g/mol. The molecule has 0 aliphatic carbocycles. The van der Waals surface area contributed by atoms with Gasteiger partial charge in [-0.3, -0.25) is 0 Å². The molecule has 1 heterocycles. The molecule has 3 heteroatoms. The van der Waals surface area contributed by atoms with Crippen LogP contribution in [-0.2, 0) is 0 Å². The van der Waals surface area contributed by atoms with Crippen molar-refractivity contribution in [2.45, 2.75) is 30.6 Å². The molecule has 106 valence electrons. The van der Waals surface area contributed by atoms with Crippen molar-refractivity contribution >= 4 is 17.4 Å². The predicted molar refractivity (Wildman–Crippen MR) is 86.3 cm³/mol. The minimum absolute atomic E-state index is 0.949. The summed E-state index contributed by atoms with van der Waals surface area (Å²) in [4.78, 5) is 3.79. The van der Waals surface area contributed by atoms with E-state index >= 15 is 0 Å². The lowest BCUT2D eigenvalue weighted by atomic mass is 9.93. The first kappa shape index (κ1) is 14.7. The van der Waals surface area contributed by atoms with Crippen molar-refractivity contribution in [3.05, 3.63) is 24.3 Å². The van der Waals surface area contributed by atoms with Gasteiger partial charge in [0, 0.05) is 18.5 Å². The summed E-state index contributed by atoms with van der Waals surface area (Å²) < 4.78 is 0. The van der Waals surface area contributed by atoms with Crippen LogP contribution in [0.3, 0.4) is 0 Å². The fraction of sp³-hybridized carbons (Fsp3) is 0.625. The second-order valence-corrected chi connectivity index (χ2v) is 6.28. The normalized spacial score (nSPS) is 16.5. The van der Waals surface area contributed by atoms with Gasteiger partial charge in [0.15, 0.2) is 0 Å². The van der Waals surface area contributed by atoms with Gasteiger partial charge in [-0.05, 0) is 63.1 Å². The van der Waals surface area contributed by atoms with Crippen LogP contribution in [-0.4, -0.2) is 32.9 Å². The first-order valence-electron chi connectivity index (χ1n) is 7.36. The third kappa shape index (κ3) is 4.43. The molecule has 0 atom stereocenters. The molecule has 1 aliphatic rings. The van der Waals surface area contributed by atoms with Crippen LogP contribution in [0.15, 0.2) is 29.2 Å². The third-order valence-corrected chi connectivity index (χ3v) is 4.85. The molecule has 2 rings (SSSR count). The quantitative estimate of drug-likeness (QED) is 0.800. The maximum Gasteiger partial charge on any atom is 0.0501 e. The number of thioether (sulfide) groups is 1. The van der Waals surface area contributed by atoms with Crippen LogP contribution in [0.1, 0.15) is 25.7 Å². The van der Waals surface area contributed by atoms with Crippen LogP contribution >= 0.6 is 11.8 Å². The van der Waals surface area contributed by atoms with Crippen molar-refractivity contribution in [1.82, 2.24) is 5.32 Å². The minimum Gasteiger partial charge on any atom is -0.374 e. The summed E-state index contributed by atoms with van der Waals surface area (Å²) >= 11 is 1.84. The van der Waals surface area contributed by atoms with Crippen LogP contribution in [0.2, 0.25) is 0 Å². The summed E-state index contributed by atoms with van der Waals surface area (Å²) in [7, 11) is 2.22. The molecule has 1 fully saturated rings. The van der Waals surface area contributed by atoms with Crippen molar-refractivity contribution in [1.29, 1.82) is 0 Å². The van der Waals surface area contributed by atoms with Crippen molar-refractivity contribution in [2.24, 2.45) is 5.92 Å². The molecule has 0 aromatic heterocycles. The summed E-state index contributed by atoms with van der Waals surface area (Å²) in [5.41, 5.74) is 1.38. The fourth-order valence-corrected chi connectivity index (χ4v) is 3.50. The number of hydrogen-bond donors (Lipinski definition) is 1. The maximum atomic E-state index is 3.44. The Labute approximate surface area is 122 Å². The van der Waals surface area contributed by atoms with Crippen LogP contribution in [0.25, 0.3) is 0 Å². The summed E-state index contributed by atoms with van der Waals surface area (Å²) in [6.45, 7) is 3.60. The number of piperidine rings is 1. The van der Waals surface area contributed by atoms with Gasteiger partial charge in [-0.15, -0.1) is 11.8 Å². The summed E-state index contributed by atoms with van der Waals surface area (Å²) in [5.74, 6) is 0.949. The highest BCUT2D eigenvalue weighted by atomic mass is 32.2. The lowest BCUT2D eigenvalue weighted by Crippen LogP contribution is -2.28. The molecular weight excluding hydrogens is 252 g/mol. The summed E-state index contributed by atoms with van der Waals surface area (Å²) in [5, 5.41) is 3.44. The van der Waals surface area contributed by atoms with Gasteiger partial charge in [0.25, 0.3) is 0 Å². The van der Waals surface area contributed by atoms with Crippen molar-refractivity contribution in [3.8, 4) is 0 Å². The van der Waals surface area contributed by atoms with Crippen LogP contribution < -0.4 is 10.2 Å². The Morgan fingerprint density at radius 2 is 2.00 bits per heavy atom. The van der Waals surface area contributed by atoms with Gasteiger partial charge in [-0.2, -0.15) is 0 Å². The molecule has 0 amide bonds. The summed E-state index contributed by atoms with van der Waals surface area (Å²) in [6, 6.07) is 8.70. The lowest BCUT2D eigenvalue weighted by molar-refractivity contribution is 0.348. The molecular formula is C16H26N2S. The highest BCUT2D eigenvalue weighted by Gasteiger charge is 2.13. The molecule has 1 N–H and O–H groups in total. The Hall–Kier alpha value is -0.670. The number of rotatable bonds is 6. The van der Waals surface area contributed by atoms with Crippen LogP contribution in [0.5, 0.6) is 0 Å². The van der Waals surface area contributed by atoms with Crippen LogP contribution in [0, 0.1) is 5.92 Å². The second kappa shape index (κ2) is 7.81. The van der Waals surface area contributed by atoms with E-state index in [0.29, 0.717) is 0 Å². The largest absolute Gasteiger partial charge is 0.374 e. The number of hydrogen-bond acceptors (Lipinski definition) is 3. The number of nitrogens with zero attached hydrogens (tertiary/aromatic N) is 1. The van der Waals surface area contributed by atoms with Gasteiger partial charge < -0.3 is 10.2 Å². The van der Waals surface area contributed by atoms with Crippen molar-refractivity contribution in [3.63, 3.8) is 0 Å². The first-order chi connectivity index (χ1) is 9.31. The SMILES string of the molecule is CSc1ccccc1N(C)CCCC1CCNCC1. The minimum atomic E-state index is 0.949. The van der Waals surface area contributed by atoms with Crippen molar-refractivity contribution < 1.29 is 0 Å². The van der Waals surface area contributed by atoms with E-state index in [2.05, 4.69) is 47.8 Å². The van der Waals surface area contributed by atoms with Gasteiger partial charge in [-0.1, -0.05) is 12.1 Å². The molecule has 0 radical (unpaired) electrons. The first-order valence-corrected chi connectivity index (χ1v) is 8.58. The highest BCUT2D eigenvalue weighted by molar-refractivity contribution is 7.98. The molecule has 1 saturated heterocycles. The Bertz CT molecular complexity index is 375. The number of anilines is 1. The molecule has 0 bridgehead atoms. The second-order valence-electron chi connectivity index (χ2n) is 5.43. The smallest absolute Gasteiger partial charge is 0.0501 e. The van der Waals surface area contributed by atoms with E-state index in [1.165, 1.54) is 55.9 Å². The standard InChI is InChI=1S/C16H26N2S/c1-18(15-7-3-4-8-16(15)19-2)13-5-6-14-9-11-17-12-10-14/h3-4,7-8,14,17H,5-6,9-13H2,1-2H3. The predicted octanol–water partition coefficient (Wildman–Crippen LogP) is 3.62. The van der Waals surface area contributed by atoms with Gasteiger partial charge in [-0.25, -0.2) is 0 Å². The fourth-order valence-electron chi connectivity index (χ4n) is 2.85. The van der Waals surface area contributed by atoms with Gasteiger partial charge >= 0.3 is 0 Å². The zero-order valence-corrected chi connectivity index (χ0v) is 13.0. The Balaban J connectivity index is 1.78. The Morgan fingerprint density at radius 3 is 2.74 bits per heavy atom. The van der Waals surface area contributed by atoms with E-state index in [4.69, 9.17) is 0 Å². The van der Waals surface area contributed by atoms with E-state index in [0.717, 1.165) is 5.92 Å². The van der Waals surface area contributed by atoms with Crippen molar-refractivity contribution in [2.75, 3.05) is 37.8 Å². The zero-order chi connectivity index (χ0) is 13.5. The van der Waals surface area contributed by atoms with E-state index in [1.54, 1.807) is 0 Å². The van der Waals surface area contributed by atoms with Gasteiger partial charge in [0.1, 0.15) is 0 Å². The number of para-hydroxylation sites is 1. The van der Waals surface area contributed by atoms with Gasteiger partial charge in [0.05, 0.1) is 5.69 Å². The maximum absolute atomic E-state index is 3.44. The Kier molecular flexibility index (Phi) is 6.05. The molecule has 0 spiro atoms.